The van der Waals surface area contributed by atoms with Crippen molar-refractivity contribution < 1.29 is 13.2 Å². The Bertz CT molecular complexity index is 586. The highest BCUT2D eigenvalue weighted by molar-refractivity contribution is 7.90. The summed E-state index contributed by atoms with van der Waals surface area (Å²) in [5.41, 5.74) is 6.45. The quantitative estimate of drug-likeness (QED) is 0.658. The van der Waals surface area contributed by atoms with E-state index in [2.05, 4.69) is 9.44 Å². The van der Waals surface area contributed by atoms with Crippen LogP contribution in [0.2, 0.25) is 0 Å². The predicted molar refractivity (Wildman–Crippen MR) is 84.3 cm³/mol. The van der Waals surface area contributed by atoms with E-state index in [0.29, 0.717) is 23.5 Å². The molecule has 0 aliphatic rings. The van der Waals surface area contributed by atoms with E-state index in [1.807, 2.05) is 13.8 Å². The molecule has 4 N–H and O–H groups in total. The van der Waals surface area contributed by atoms with Crippen molar-refractivity contribution in [3.8, 4) is 5.75 Å². The number of methoxy groups -OCH3 is 1. The first-order chi connectivity index (χ1) is 9.25. The van der Waals surface area contributed by atoms with E-state index < -0.39 is 10.2 Å². The fraction of sp³-hybridized carbons (Fsp3) is 0.417. The van der Waals surface area contributed by atoms with Gasteiger partial charge in [0.25, 0.3) is 10.2 Å². The molecule has 6 nitrogen and oxygen atoms in total. The van der Waals surface area contributed by atoms with Crippen molar-refractivity contribution in [2.45, 2.75) is 13.8 Å². The lowest BCUT2D eigenvalue weighted by Gasteiger charge is -2.14. The Morgan fingerprint density at radius 2 is 2.10 bits per heavy atom. The van der Waals surface area contributed by atoms with Gasteiger partial charge in [0.05, 0.1) is 12.8 Å². The standard InChI is InChI=1S/C12H19N3O3S2/c1-8(2)7-14-20(16,17)15-10-5-4-9(12(13)19)6-11(10)18-3/h4-6,8,14-15H,7H2,1-3H3,(H2,13,19). The molecule has 0 saturated heterocycles. The van der Waals surface area contributed by atoms with Crippen LogP contribution in [0.1, 0.15) is 19.4 Å². The summed E-state index contributed by atoms with van der Waals surface area (Å²) in [6.07, 6.45) is 0. The summed E-state index contributed by atoms with van der Waals surface area (Å²) in [5, 5.41) is 0. The molecule has 0 bridgehead atoms. The van der Waals surface area contributed by atoms with Crippen LogP contribution in [0.3, 0.4) is 0 Å². The lowest BCUT2D eigenvalue weighted by Crippen LogP contribution is -2.33. The lowest BCUT2D eigenvalue weighted by molar-refractivity contribution is 0.416. The first kappa shape index (κ1) is 16.7. The van der Waals surface area contributed by atoms with Gasteiger partial charge in [0.2, 0.25) is 0 Å². The predicted octanol–water partition coefficient (Wildman–Crippen LogP) is 1.23. The maximum absolute atomic E-state index is 11.9. The molecular weight excluding hydrogens is 298 g/mol. The van der Waals surface area contributed by atoms with E-state index in [-0.39, 0.29) is 10.9 Å². The minimum atomic E-state index is -3.64. The maximum atomic E-state index is 11.9. The number of nitrogens with two attached hydrogens (primary N) is 1. The third kappa shape index (κ3) is 4.95. The Morgan fingerprint density at radius 3 is 2.60 bits per heavy atom. The molecular formula is C12H19N3O3S2. The van der Waals surface area contributed by atoms with Crippen LogP contribution in [0.4, 0.5) is 5.69 Å². The molecule has 0 saturated carbocycles. The molecule has 20 heavy (non-hydrogen) atoms. The van der Waals surface area contributed by atoms with Crippen LogP contribution in [0.15, 0.2) is 18.2 Å². The molecule has 0 spiro atoms. The molecule has 0 radical (unpaired) electrons. The average molecular weight is 317 g/mol. The molecule has 0 aliphatic carbocycles. The Morgan fingerprint density at radius 1 is 1.45 bits per heavy atom. The van der Waals surface area contributed by atoms with Crippen molar-refractivity contribution in [3.05, 3.63) is 23.8 Å². The highest BCUT2D eigenvalue weighted by atomic mass is 32.2. The van der Waals surface area contributed by atoms with Crippen molar-refractivity contribution in [1.29, 1.82) is 0 Å². The SMILES string of the molecule is COc1cc(C(N)=S)ccc1NS(=O)(=O)NCC(C)C. The largest absolute Gasteiger partial charge is 0.495 e. The Labute approximate surface area is 124 Å². The van der Waals surface area contributed by atoms with Gasteiger partial charge in [0.1, 0.15) is 10.7 Å². The number of rotatable bonds is 7. The van der Waals surface area contributed by atoms with Gasteiger partial charge in [0.15, 0.2) is 0 Å². The number of benzene rings is 1. The van der Waals surface area contributed by atoms with E-state index in [1.54, 1.807) is 18.2 Å². The molecule has 0 heterocycles. The minimum absolute atomic E-state index is 0.213. The number of anilines is 1. The van der Waals surface area contributed by atoms with Crippen LogP contribution in [0.25, 0.3) is 0 Å². The maximum Gasteiger partial charge on any atom is 0.299 e. The summed E-state index contributed by atoms with van der Waals surface area (Å²) in [6.45, 7) is 4.18. The fourth-order valence-corrected chi connectivity index (χ4v) is 2.60. The second-order valence-corrected chi connectivity index (χ2v) is 6.57. The van der Waals surface area contributed by atoms with Crippen molar-refractivity contribution in [2.75, 3.05) is 18.4 Å². The van der Waals surface area contributed by atoms with Gasteiger partial charge >= 0.3 is 0 Å². The van der Waals surface area contributed by atoms with Crippen LogP contribution in [0, 0.1) is 5.92 Å². The molecule has 0 aliphatic heterocycles. The minimum Gasteiger partial charge on any atom is -0.495 e. The van der Waals surface area contributed by atoms with E-state index in [1.165, 1.54) is 7.11 Å². The van der Waals surface area contributed by atoms with E-state index in [4.69, 9.17) is 22.7 Å². The Kier molecular flexibility index (Phi) is 5.73. The zero-order valence-corrected chi connectivity index (χ0v) is 13.3. The smallest absolute Gasteiger partial charge is 0.299 e. The first-order valence-corrected chi connectivity index (χ1v) is 7.89. The summed E-state index contributed by atoms with van der Waals surface area (Å²) in [6, 6.07) is 4.77. The van der Waals surface area contributed by atoms with Crippen molar-refractivity contribution in [2.24, 2.45) is 11.7 Å². The number of hydrogen-bond acceptors (Lipinski definition) is 4. The summed E-state index contributed by atoms with van der Waals surface area (Å²) < 4.78 is 33.7. The highest BCUT2D eigenvalue weighted by Gasteiger charge is 2.14. The molecule has 0 fully saturated rings. The van der Waals surface area contributed by atoms with Crippen LogP contribution in [0.5, 0.6) is 5.75 Å². The van der Waals surface area contributed by atoms with E-state index in [0.717, 1.165) is 0 Å². The zero-order valence-electron chi connectivity index (χ0n) is 11.6. The van der Waals surface area contributed by atoms with Gasteiger partial charge in [-0.3, -0.25) is 4.72 Å². The van der Waals surface area contributed by atoms with Gasteiger partial charge in [-0.05, 0) is 24.1 Å². The van der Waals surface area contributed by atoms with Gasteiger partial charge in [-0.2, -0.15) is 13.1 Å². The van der Waals surface area contributed by atoms with E-state index >= 15 is 0 Å². The topological polar surface area (TPSA) is 93.4 Å². The molecule has 8 heteroatoms. The first-order valence-electron chi connectivity index (χ1n) is 6.00. The van der Waals surface area contributed by atoms with Gasteiger partial charge in [-0.15, -0.1) is 0 Å². The number of ether oxygens (including phenoxy) is 1. The molecule has 112 valence electrons. The van der Waals surface area contributed by atoms with Gasteiger partial charge in [-0.25, -0.2) is 0 Å². The molecule has 1 rings (SSSR count). The highest BCUT2D eigenvalue weighted by Crippen LogP contribution is 2.26. The Balaban J connectivity index is 2.94. The van der Waals surface area contributed by atoms with Gasteiger partial charge in [0, 0.05) is 12.1 Å². The summed E-state index contributed by atoms with van der Waals surface area (Å²) in [7, 11) is -2.20. The van der Waals surface area contributed by atoms with Gasteiger partial charge in [-0.1, -0.05) is 26.1 Å². The summed E-state index contributed by atoms with van der Waals surface area (Å²) in [4.78, 5) is 0.218. The molecule has 0 unspecified atom stereocenters. The Hall–Kier alpha value is -1.38. The molecule has 0 atom stereocenters. The monoisotopic (exact) mass is 317 g/mol. The molecule has 0 aromatic heterocycles. The van der Waals surface area contributed by atoms with Crippen molar-refractivity contribution >= 4 is 33.1 Å². The van der Waals surface area contributed by atoms with Gasteiger partial charge < -0.3 is 10.5 Å². The zero-order chi connectivity index (χ0) is 15.3. The second-order valence-electron chi connectivity index (χ2n) is 4.63. The van der Waals surface area contributed by atoms with Crippen LogP contribution >= 0.6 is 12.2 Å². The van der Waals surface area contributed by atoms with Crippen LogP contribution < -0.4 is 19.9 Å². The van der Waals surface area contributed by atoms with Crippen LogP contribution in [-0.2, 0) is 10.2 Å². The molecule has 0 amide bonds. The average Bonchev–Trinajstić information content (AvgIpc) is 2.36. The number of hydrogen-bond donors (Lipinski definition) is 3. The lowest BCUT2D eigenvalue weighted by atomic mass is 10.2. The number of thiocarbonyl (C=S) groups is 1. The third-order valence-electron chi connectivity index (χ3n) is 2.41. The second kappa shape index (κ2) is 6.87. The van der Waals surface area contributed by atoms with E-state index in [9.17, 15) is 8.42 Å². The fourth-order valence-electron chi connectivity index (χ4n) is 1.39. The number of nitrogens with one attached hydrogen (secondary N) is 2. The van der Waals surface area contributed by atoms with Crippen molar-refractivity contribution in [1.82, 2.24) is 4.72 Å². The summed E-state index contributed by atoms with van der Waals surface area (Å²) in [5.74, 6) is 0.565. The molecule has 1 aromatic carbocycles. The molecule has 1 aromatic rings. The van der Waals surface area contributed by atoms with Crippen molar-refractivity contribution in [3.63, 3.8) is 0 Å². The summed E-state index contributed by atoms with van der Waals surface area (Å²) >= 11 is 4.86. The van der Waals surface area contributed by atoms with Crippen LogP contribution in [-0.4, -0.2) is 27.1 Å². The third-order valence-corrected chi connectivity index (χ3v) is 3.68. The normalized spacial score (nSPS) is 11.4.